The van der Waals surface area contributed by atoms with Crippen LogP contribution >= 0.6 is 91.8 Å². The van der Waals surface area contributed by atoms with E-state index in [1.165, 1.54) is 73.4 Å². The van der Waals surface area contributed by atoms with Crippen LogP contribution < -0.4 is 0 Å². The Morgan fingerprint density at radius 3 is 0.966 bits per heavy atom. The van der Waals surface area contributed by atoms with Gasteiger partial charge in [-0.25, -0.2) is 39.9 Å². The van der Waals surface area contributed by atoms with E-state index in [4.69, 9.17) is 51.4 Å². The summed E-state index contributed by atoms with van der Waals surface area (Å²) in [5, 5.41) is 12.9. The molecule has 0 amide bonds. The molecule has 0 atom stereocenters. The minimum absolute atomic E-state index is 0.266. The monoisotopic (exact) mass is 1640 g/mol. The standard InChI is InChI=1S/C28H17ClN2S.C26H15ClN2S.C24H13ClN2S.C22H13ClN2S/c29-28-30-25(27-26(31-28)23-13-7-8-14-24(23)32-27)22-16-20(18-9-3-1-4-10-18)15-21(17-22)19-11-5-2-6-12-19;27-26-28-23(25-24(29-26)21-9-3-4-11-22(21)30-25)18-14-12-17(13-15-18)20-10-5-7-16-6-1-2-8-19(16)20;25-24-26-21-18-11-5-6-12-20(18)28-23(21)22(27-24)19-13-14-7-1-2-8-15(14)16-9-3-4-10-17(16)19;23-22-24-19(21-20(25-22)17-12-6-7-13-18(17)26-21)16-11-5-4-10-15(16)14-8-2-1-3-9-14/h1-17H;1-15H;1-13H;1-13H. The van der Waals surface area contributed by atoms with E-state index in [2.05, 4.69) is 314 Å². The van der Waals surface area contributed by atoms with Crippen molar-refractivity contribution in [2.75, 3.05) is 0 Å². The Morgan fingerprint density at radius 2 is 0.483 bits per heavy atom. The van der Waals surface area contributed by atoms with Crippen LogP contribution in [0.4, 0.5) is 0 Å². The highest BCUT2D eigenvalue weighted by atomic mass is 35.5. The molecule has 0 aliphatic carbocycles. The highest BCUT2D eigenvalue weighted by Gasteiger charge is 2.23. The summed E-state index contributed by atoms with van der Waals surface area (Å²) >= 11 is 32.3. The molecule has 116 heavy (non-hydrogen) atoms. The first kappa shape index (κ1) is 72.4. The van der Waals surface area contributed by atoms with Crippen molar-refractivity contribution in [1.82, 2.24) is 39.9 Å². The Morgan fingerprint density at radius 1 is 0.172 bits per heavy atom. The summed E-state index contributed by atoms with van der Waals surface area (Å²) in [4.78, 5) is 36.8. The van der Waals surface area contributed by atoms with Gasteiger partial charge in [-0.15, -0.1) is 45.3 Å². The molecule has 8 heterocycles. The maximum absolute atomic E-state index is 6.43. The van der Waals surface area contributed by atoms with E-state index >= 15 is 0 Å². The number of nitrogens with zero attached hydrogens (tertiary/aromatic N) is 8. The van der Waals surface area contributed by atoms with Crippen LogP contribution in [-0.4, -0.2) is 39.9 Å². The van der Waals surface area contributed by atoms with Crippen LogP contribution in [0.2, 0.25) is 21.1 Å². The quantitative estimate of drug-likeness (QED) is 0.109. The van der Waals surface area contributed by atoms with Gasteiger partial charge in [0.1, 0.15) is 0 Å². The van der Waals surface area contributed by atoms with Gasteiger partial charge in [0.2, 0.25) is 21.1 Å². The van der Waals surface area contributed by atoms with E-state index < -0.39 is 0 Å². The second-order valence-electron chi connectivity index (χ2n) is 27.7. The maximum Gasteiger partial charge on any atom is 0.223 e. The summed E-state index contributed by atoms with van der Waals surface area (Å²) in [5.74, 6) is 0. The molecule has 0 saturated heterocycles. The smallest absolute Gasteiger partial charge is 0.216 e. The van der Waals surface area contributed by atoms with Gasteiger partial charge < -0.3 is 0 Å². The molecule has 0 N–H and O–H groups in total. The normalized spacial score (nSPS) is 11.4. The molecule has 16 heteroatoms. The third kappa shape index (κ3) is 13.9. The van der Waals surface area contributed by atoms with Crippen LogP contribution in [0.1, 0.15) is 0 Å². The van der Waals surface area contributed by atoms with Crippen LogP contribution in [-0.2, 0) is 0 Å². The zero-order chi connectivity index (χ0) is 77.7. The van der Waals surface area contributed by atoms with Gasteiger partial charge >= 0.3 is 0 Å². The number of halogens is 4. The number of thiophene rings is 4. The predicted molar refractivity (Wildman–Crippen MR) is 496 cm³/mol. The molecule has 8 aromatic heterocycles. The van der Waals surface area contributed by atoms with Gasteiger partial charge in [0.15, 0.2) is 0 Å². The van der Waals surface area contributed by atoms with E-state index in [9.17, 15) is 0 Å². The number of rotatable bonds is 8. The lowest BCUT2D eigenvalue weighted by Crippen LogP contribution is -1.91. The Hall–Kier alpha value is -12.6. The minimum atomic E-state index is 0.266. The molecule has 0 aliphatic heterocycles. The number of hydrogen-bond donors (Lipinski definition) is 0. The fraction of sp³-hybridized carbons (Fsp3) is 0. The van der Waals surface area contributed by atoms with Gasteiger partial charge in [0.25, 0.3) is 0 Å². The lowest BCUT2D eigenvalue weighted by Gasteiger charge is -2.11. The average molecular weight is 1640 g/mol. The van der Waals surface area contributed by atoms with Crippen molar-refractivity contribution in [3.63, 3.8) is 0 Å². The van der Waals surface area contributed by atoms with E-state index in [0.717, 1.165) is 130 Å². The molecule has 23 rings (SSSR count). The maximum atomic E-state index is 6.43. The number of aromatic nitrogens is 8. The molecule has 0 spiro atoms. The Bertz CT molecular complexity index is 7670. The largest absolute Gasteiger partial charge is 0.223 e. The third-order valence-electron chi connectivity index (χ3n) is 20.7. The van der Waals surface area contributed by atoms with Crippen molar-refractivity contribution in [2.45, 2.75) is 0 Å². The zero-order valence-electron chi connectivity index (χ0n) is 61.2. The Labute approximate surface area is 701 Å². The molecule has 0 radical (unpaired) electrons. The van der Waals surface area contributed by atoms with Gasteiger partial charge in [-0.3, -0.25) is 0 Å². The second-order valence-corrected chi connectivity index (χ2v) is 33.3. The highest BCUT2D eigenvalue weighted by molar-refractivity contribution is 7.27. The van der Waals surface area contributed by atoms with Crippen molar-refractivity contribution in [1.29, 1.82) is 0 Å². The van der Waals surface area contributed by atoms with Gasteiger partial charge in [-0.2, -0.15) is 0 Å². The van der Waals surface area contributed by atoms with Crippen LogP contribution in [0.5, 0.6) is 0 Å². The van der Waals surface area contributed by atoms with Crippen LogP contribution in [0, 0.1) is 0 Å². The summed E-state index contributed by atoms with van der Waals surface area (Å²) in [6, 6.07) is 122. The van der Waals surface area contributed by atoms with Crippen molar-refractivity contribution >= 4 is 205 Å². The number of fused-ring (bicyclic) bond motifs is 16. The molecule has 23 aromatic rings. The molecular weight excluding hydrogens is 1580 g/mol. The van der Waals surface area contributed by atoms with Gasteiger partial charge in [-0.1, -0.05) is 303 Å². The number of benzene rings is 15. The summed E-state index contributed by atoms with van der Waals surface area (Å²) < 4.78 is 9.03. The molecule has 15 aromatic carbocycles. The van der Waals surface area contributed by atoms with Crippen molar-refractivity contribution in [3.05, 3.63) is 373 Å². The van der Waals surface area contributed by atoms with Crippen molar-refractivity contribution < 1.29 is 0 Å². The molecule has 550 valence electrons. The summed E-state index contributed by atoms with van der Waals surface area (Å²) in [6.07, 6.45) is 0. The zero-order valence-corrected chi connectivity index (χ0v) is 67.5. The van der Waals surface area contributed by atoms with Crippen LogP contribution in [0.3, 0.4) is 0 Å². The fourth-order valence-electron chi connectivity index (χ4n) is 15.5. The Balaban J connectivity index is 0.000000100. The van der Waals surface area contributed by atoms with E-state index in [-0.39, 0.29) is 21.1 Å². The molecule has 0 aliphatic rings. The lowest BCUT2D eigenvalue weighted by atomic mass is 9.95. The fourth-order valence-corrected chi connectivity index (χ4v) is 20.7. The summed E-state index contributed by atoms with van der Waals surface area (Å²) in [5.41, 5.74) is 20.8. The molecule has 0 bridgehead atoms. The molecule has 8 nitrogen and oxygen atoms in total. The van der Waals surface area contributed by atoms with E-state index in [1.807, 2.05) is 72.8 Å². The third-order valence-corrected chi connectivity index (χ3v) is 26.1. The first-order valence-corrected chi connectivity index (χ1v) is 42.2. The topological polar surface area (TPSA) is 103 Å². The molecular formula is C100H58Cl4N8S4. The molecule has 0 saturated carbocycles. The second kappa shape index (κ2) is 31.3. The average Bonchev–Trinajstić information content (AvgIpc) is 1.35. The van der Waals surface area contributed by atoms with Gasteiger partial charge in [-0.05, 0) is 172 Å². The van der Waals surface area contributed by atoms with Crippen LogP contribution in [0.25, 0.3) is 203 Å². The van der Waals surface area contributed by atoms with Crippen molar-refractivity contribution in [3.8, 4) is 89.5 Å². The molecule has 0 fully saturated rings. The summed E-state index contributed by atoms with van der Waals surface area (Å²) in [6.45, 7) is 0. The lowest BCUT2D eigenvalue weighted by molar-refractivity contribution is 1.23. The minimum Gasteiger partial charge on any atom is -0.216 e. The summed E-state index contributed by atoms with van der Waals surface area (Å²) in [7, 11) is 0. The van der Waals surface area contributed by atoms with Gasteiger partial charge in [0.05, 0.1) is 63.6 Å². The van der Waals surface area contributed by atoms with Gasteiger partial charge in [0, 0.05) is 62.6 Å². The SMILES string of the molecule is Clc1nc(-c2cc(-c3ccccc3)cc(-c3ccccc3)c2)c2sc3ccccc3c2n1.Clc1nc(-c2cc3ccccc3c3ccccc23)c2sc3ccccc3c2n1.Clc1nc(-c2ccc(-c3cccc4ccccc34)cc2)c2sc3ccccc3c2n1.Clc1nc(-c2ccccc2-c2ccccc2)c2sc3ccccc3c2n1. The van der Waals surface area contributed by atoms with E-state index in [0.29, 0.717) is 0 Å². The van der Waals surface area contributed by atoms with Crippen molar-refractivity contribution in [2.24, 2.45) is 0 Å². The number of hydrogen-bond acceptors (Lipinski definition) is 12. The Kier molecular flexibility index (Phi) is 19.6. The first-order chi connectivity index (χ1) is 57.1. The highest BCUT2D eigenvalue weighted by Crippen LogP contribution is 2.47. The van der Waals surface area contributed by atoms with E-state index in [1.54, 1.807) is 45.3 Å². The van der Waals surface area contributed by atoms with Crippen LogP contribution in [0.15, 0.2) is 352 Å². The first-order valence-electron chi connectivity index (χ1n) is 37.4. The predicted octanol–water partition coefficient (Wildman–Crippen LogP) is 30.8. The molecule has 0 unspecified atom stereocenters.